The van der Waals surface area contributed by atoms with Gasteiger partial charge in [0, 0.05) is 24.2 Å². The average Bonchev–Trinajstić information content (AvgIpc) is 2.31. The van der Waals surface area contributed by atoms with Crippen LogP contribution in [0, 0.1) is 6.92 Å². The first-order valence-electron chi connectivity index (χ1n) is 6.06. The lowest BCUT2D eigenvalue weighted by atomic mass is 10.1. The van der Waals surface area contributed by atoms with Gasteiger partial charge in [0.25, 0.3) is 0 Å². The highest BCUT2D eigenvalue weighted by molar-refractivity contribution is 6.17. The summed E-state index contributed by atoms with van der Waals surface area (Å²) >= 11 is 6.03. The van der Waals surface area contributed by atoms with Crippen LogP contribution in [0.2, 0.25) is 0 Å². The maximum Gasteiger partial charge on any atom is 0.0494 e. The van der Waals surface area contributed by atoms with E-state index < -0.39 is 0 Å². The van der Waals surface area contributed by atoms with E-state index >= 15 is 0 Å². The molecule has 0 aliphatic heterocycles. The number of hydrogen-bond donors (Lipinski definition) is 0. The molecule has 0 bridgehead atoms. The molecule has 0 radical (unpaired) electrons. The normalized spacial score (nSPS) is 12.6. The van der Waals surface area contributed by atoms with Crippen LogP contribution < -0.4 is 4.90 Å². The van der Waals surface area contributed by atoms with E-state index in [1.54, 1.807) is 0 Å². The van der Waals surface area contributed by atoms with Gasteiger partial charge in [0.1, 0.15) is 0 Å². The third-order valence-corrected chi connectivity index (χ3v) is 3.44. The van der Waals surface area contributed by atoms with E-state index in [4.69, 9.17) is 11.6 Å². The minimum Gasteiger partial charge on any atom is -0.369 e. The summed E-state index contributed by atoms with van der Waals surface area (Å²) in [5.41, 5.74) is 3.81. The van der Waals surface area contributed by atoms with Gasteiger partial charge in [0.15, 0.2) is 0 Å². The van der Waals surface area contributed by atoms with Gasteiger partial charge in [-0.1, -0.05) is 24.6 Å². The Hall–Kier alpha value is -0.690. The fourth-order valence-electron chi connectivity index (χ4n) is 2.04. The summed E-state index contributed by atoms with van der Waals surface area (Å²) in [5.74, 6) is 0.587. The SMILES string of the molecule is CCC(C)N(CC)c1ccc(C)cc1CCl. The molecule has 0 aliphatic rings. The van der Waals surface area contributed by atoms with Crippen LogP contribution in [-0.4, -0.2) is 12.6 Å². The number of hydrogen-bond acceptors (Lipinski definition) is 1. The highest BCUT2D eigenvalue weighted by Crippen LogP contribution is 2.26. The molecule has 0 spiro atoms. The fraction of sp³-hybridized carbons (Fsp3) is 0.571. The lowest BCUT2D eigenvalue weighted by Gasteiger charge is -2.31. The van der Waals surface area contributed by atoms with Crippen molar-refractivity contribution in [1.82, 2.24) is 0 Å². The summed E-state index contributed by atoms with van der Waals surface area (Å²) in [6.45, 7) is 9.83. The molecular formula is C14H22ClN. The van der Waals surface area contributed by atoms with Crippen molar-refractivity contribution in [3.05, 3.63) is 29.3 Å². The monoisotopic (exact) mass is 239 g/mol. The highest BCUT2D eigenvalue weighted by Gasteiger charge is 2.14. The Balaban J connectivity index is 3.08. The zero-order valence-electron chi connectivity index (χ0n) is 10.8. The van der Waals surface area contributed by atoms with Crippen LogP contribution in [0.4, 0.5) is 5.69 Å². The minimum absolute atomic E-state index is 0.565. The molecule has 16 heavy (non-hydrogen) atoms. The lowest BCUT2D eigenvalue weighted by molar-refractivity contribution is 0.628. The molecule has 1 aromatic rings. The predicted octanol–water partition coefficient (Wildman–Crippen LogP) is 4.36. The molecule has 1 atom stereocenters. The zero-order chi connectivity index (χ0) is 12.1. The second-order valence-corrected chi connectivity index (χ2v) is 4.58. The molecule has 0 N–H and O–H groups in total. The van der Waals surface area contributed by atoms with Crippen molar-refractivity contribution in [1.29, 1.82) is 0 Å². The molecule has 1 aromatic carbocycles. The second-order valence-electron chi connectivity index (χ2n) is 4.31. The van der Waals surface area contributed by atoms with Crippen LogP contribution in [0.5, 0.6) is 0 Å². The van der Waals surface area contributed by atoms with Gasteiger partial charge in [-0.15, -0.1) is 11.6 Å². The number of anilines is 1. The van der Waals surface area contributed by atoms with Crippen molar-refractivity contribution in [2.75, 3.05) is 11.4 Å². The molecule has 0 saturated carbocycles. The molecule has 2 heteroatoms. The van der Waals surface area contributed by atoms with E-state index in [1.807, 2.05) is 0 Å². The molecule has 0 aliphatic carbocycles. The van der Waals surface area contributed by atoms with Crippen LogP contribution in [0.25, 0.3) is 0 Å². The quantitative estimate of drug-likeness (QED) is 0.691. The first-order valence-corrected chi connectivity index (χ1v) is 6.59. The summed E-state index contributed by atoms with van der Waals surface area (Å²) < 4.78 is 0. The Bertz CT molecular complexity index is 336. The van der Waals surface area contributed by atoms with E-state index in [-0.39, 0.29) is 0 Å². The molecule has 0 amide bonds. The molecule has 1 rings (SSSR count). The Morgan fingerprint density at radius 1 is 1.31 bits per heavy atom. The Labute approximate surface area is 104 Å². The summed E-state index contributed by atoms with van der Waals surface area (Å²) in [7, 11) is 0. The topological polar surface area (TPSA) is 3.24 Å². The van der Waals surface area contributed by atoms with Gasteiger partial charge in [0.2, 0.25) is 0 Å². The summed E-state index contributed by atoms with van der Waals surface area (Å²) in [6, 6.07) is 7.11. The van der Waals surface area contributed by atoms with Gasteiger partial charge in [0.05, 0.1) is 0 Å². The fourth-order valence-corrected chi connectivity index (χ4v) is 2.26. The van der Waals surface area contributed by atoms with Crippen molar-refractivity contribution >= 4 is 17.3 Å². The number of nitrogens with zero attached hydrogens (tertiary/aromatic N) is 1. The molecule has 1 nitrogen and oxygen atoms in total. The van der Waals surface area contributed by atoms with Crippen LogP contribution in [-0.2, 0) is 5.88 Å². The summed E-state index contributed by atoms with van der Waals surface area (Å²) in [6.07, 6.45) is 1.16. The third kappa shape index (κ3) is 2.91. The van der Waals surface area contributed by atoms with E-state index in [0.717, 1.165) is 13.0 Å². The lowest BCUT2D eigenvalue weighted by Crippen LogP contribution is -2.33. The Kier molecular flexibility index (Phi) is 5.14. The number of halogens is 1. The van der Waals surface area contributed by atoms with Crippen LogP contribution in [0.1, 0.15) is 38.3 Å². The van der Waals surface area contributed by atoms with Crippen LogP contribution >= 0.6 is 11.6 Å². The number of benzene rings is 1. The highest BCUT2D eigenvalue weighted by atomic mass is 35.5. The molecule has 0 fully saturated rings. The van der Waals surface area contributed by atoms with Gasteiger partial charge in [-0.3, -0.25) is 0 Å². The van der Waals surface area contributed by atoms with Crippen molar-refractivity contribution in [2.24, 2.45) is 0 Å². The predicted molar refractivity (Wildman–Crippen MR) is 73.5 cm³/mol. The number of aryl methyl sites for hydroxylation is 1. The smallest absolute Gasteiger partial charge is 0.0494 e. The molecule has 0 saturated heterocycles. The maximum absolute atomic E-state index is 6.03. The minimum atomic E-state index is 0.565. The van der Waals surface area contributed by atoms with Crippen molar-refractivity contribution < 1.29 is 0 Å². The Morgan fingerprint density at radius 3 is 2.50 bits per heavy atom. The van der Waals surface area contributed by atoms with Crippen molar-refractivity contribution in [3.63, 3.8) is 0 Å². The largest absolute Gasteiger partial charge is 0.369 e. The molecule has 1 unspecified atom stereocenters. The van der Waals surface area contributed by atoms with Gasteiger partial charge < -0.3 is 4.90 Å². The van der Waals surface area contributed by atoms with Gasteiger partial charge in [-0.05, 0) is 38.8 Å². The summed E-state index contributed by atoms with van der Waals surface area (Å²) in [5, 5.41) is 0. The van der Waals surface area contributed by atoms with Crippen molar-refractivity contribution in [2.45, 2.75) is 46.0 Å². The summed E-state index contributed by atoms with van der Waals surface area (Å²) in [4.78, 5) is 2.43. The standard InChI is InChI=1S/C14H22ClN/c1-5-12(4)16(6-2)14-8-7-11(3)9-13(14)10-15/h7-9,12H,5-6,10H2,1-4H3. The van der Waals surface area contributed by atoms with E-state index in [1.165, 1.54) is 16.8 Å². The number of alkyl halides is 1. The average molecular weight is 240 g/mol. The molecule has 0 aromatic heterocycles. The third-order valence-electron chi connectivity index (χ3n) is 3.15. The first-order chi connectivity index (χ1) is 7.63. The van der Waals surface area contributed by atoms with Crippen LogP contribution in [0.15, 0.2) is 18.2 Å². The van der Waals surface area contributed by atoms with Gasteiger partial charge in [-0.2, -0.15) is 0 Å². The van der Waals surface area contributed by atoms with E-state index in [9.17, 15) is 0 Å². The Morgan fingerprint density at radius 2 is 2.00 bits per heavy atom. The molecular weight excluding hydrogens is 218 g/mol. The van der Waals surface area contributed by atoms with Gasteiger partial charge in [-0.25, -0.2) is 0 Å². The van der Waals surface area contributed by atoms with E-state index in [2.05, 4.69) is 50.8 Å². The van der Waals surface area contributed by atoms with Crippen molar-refractivity contribution in [3.8, 4) is 0 Å². The molecule has 90 valence electrons. The maximum atomic E-state index is 6.03. The van der Waals surface area contributed by atoms with E-state index in [0.29, 0.717) is 11.9 Å². The zero-order valence-corrected chi connectivity index (χ0v) is 11.5. The van der Waals surface area contributed by atoms with Crippen LogP contribution in [0.3, 0.4) is 0 Å². The first kappa shape index (κ1) is 13.4. The second kappa shape index (κ2) is 6.15. The van der Waals surface area contributed by atoms with Gasteiger partial charge >= 0.3 is 0 Å². The molecule has 0 heterocycles. The number of rotatable bonds is 5.